The number of amides is 2. The number of nitrogens with zero attached hydrogens (tertiary/aromatic N) is 2. The summed E-state index contributed by atoms with van der Waals surface area (Å²) in [6.45, 7) is 5.53. The zero-order valence-corrected chi connectivity index (χ0v) is 14.9. The van der Waals surface area contributed by atoms with Crippen molar-refractivity contribution in [2.24, 2.45) is 0 Å². The van der Waals surface area contributed by atoms with E-state index in [2.05, 4.69) is 5.32 Å². The van der Waals surface area contributed by atoms with Crippen LogP contribution in [0.5, 0.6) is 5.75 Å². The number of hydrogen-bond donors (Lipinski definition) is 1. The molecule has 1 heterocycles. The fraction of sp³-hybridized carbons (Fsp3) is 0.556. The number of carbonyl (C=O) groups excluding carboxylic acids is 2. The standard InChI is InChI=1S/C18H26FN3O3/c1-3-20-17(23)13-21-8-10-22(11-9-21)18(24)7-5-14-4-6-16(25-2)15(19)12-14/h4,6,12H,3,5,7-11,13H2,1-2H3,(H,20,23). The van der Waals surface area contributed by atoms with Crippen molar-refractivity contribution in [1.82, 2.24) is 15.1 Å². The maximum absolute atomic E-state index is 13.7. The molecule has 7 heteroatoms. The Hall–Kier alpha value is -2.15. The van der Waals surface area contributed by atoms with Crippen LogP contribution in [0.25, 0.3) is 0 Å². The third-order valence-corrected chi connectivity index (χ3v) is 4.31. The molecular weight excluding hydrogens is 325 g/mol. The molecule has 2 amide bonds. The Morgan fingerprint density at radius 1 is 1.24 bits per heavy atom. The van der Waals surface area contributed by atoms with E-state index in [0.29, 0.717) is 52.1 Å². The molecule has 1 saturated heterocycles. The maximum atomic E-state index is 13.7. The zero-order chi connectivity index (χ0) is 18.2. The number of halogens is 1. The number of methoxy groups -OCH3 is 1. The number of piperazine rings is 1. The van der Waals surface area contributed by atoms with Crippen molar-refractivity contribution in [2.45, 2.75) is 19.8 Å². The highest BCUT2D eigenvalue weighted by Crippen LogP contribution is 2.18. The fourth-order valence-corrected chi connectivity index (χ4v) is 2.89. The van der Waals surface area contributed by atoms with Gasteiger partial charge in [0, 0.05) is 39.1 Å². The number of benzene rings is 1. The van der Waals surface area contributed by atoms with E-state index < -0.39 is 5.82 Å². The molecule has 138 valence electrons. The van der Waals surface area contributed by atoms with Crippen molar-refractivity contribution < 1.29 is 18.7 Å². The Kier molecular flexibility index (Phi) is 7.18. The van der Waals surface area contributed by atoms with E-state index in [0.717, 1.165) is 5.56 Å². The van der Waals surface area contributed by atoms with Gasteiger partial charge in [0.2, 0.25) is 11.8 Å². The van der Waals surface area contributed by atoms with Crippen molar-refractivity contribution in [3.05, 3.63) is 29.6 Å². The molecule has 0 aliphatic carbocycles. The highest BCUT2D eigenvalue weighted by atomic mass is 19.1. The number of likely N-dealkylation sites (N-methyl/N-ethyl adjacent to an activating group) is 1. The van der Waals surface area contributed by atoms with Crippen molar-refractivity contribution in [2.75, 3.05) is 46.4 Å². The second-order valence-electron chi connectivity index (χ2n) is 6.08. The van der Waals surface area contributed by atoms with Gasteiger partial charge in [0.1, 0.15) is 0 Å². The zero-order valence-electron chi connectivity index (χ0n) is 14.9. The third-order valence-electron chi connectivity index (χ3n) is 4.31. The second-order valence-corrected chi connectivity index (χ2v) is 6.08. The van der Waals surface area contributed by atoms with E-state index in [1.165, 1.54) is 13.2 Å². The maximum Gasteiger partial charge on any atom is 0.234 e. The molecule has 1 aliphatic rings. The highest BCUT2D eigenvalue weighted by Gasteiger charge is 2.22. The van der Waals surface area contributed by atoms with Gasteiger partial charge in [-0.25, -0.2) is 4.39 Å². The summed E-state index contributed by atoms with van der Waals surface area (Å²) in [7, 11) is 1.42. The average molecular weight is 351 g/mol. The van der Waals surface area contributed by atoms with Crippen LogP contribution in [0.2, 0.25) is 0 Å². The molecule has 1 N–H and O–H groups in total. The summed E-state index contributed by atoms with van der Waals surface area (Å²) in [6, 6.07) is 4.77. The van der Waals surface area contributed by atoms with Gasteiger partial charge in [0.15, 0.2) is 11.6 Å². The van der Waals surface area contributed by atoms with Crippen molar-refractivity contribution in [1.29, 1.82) is 0 Å². The van der Waals surface area contributed by atoms with Crippen LogP contribution in [0, 0.1) is 5.82 Å². The molecule has 0 unspecified atom stereocenters. The van der Waals surface area contributed by atoms with Crippen LogP contribution in [0.3, 0.4) is 0 Å². The fourth-order valence-electron chi connectivity index (χ4n) is 2.89. The van der Waals surface area contributed by atoms with E-state index in [-0.39, 0.29) is 17.6 Å². The van der Waals surface area contributed by atoms with Gasteiger partial charge in [-0.15, -0.1) is 0 Å². The summed E-state index contributed by atoms with van der Waals surface area (Å²) in [4.78, 5) is 27.8. The van der Waals surface area contributed by atoms with Crippen LogP contribution in [-0.4, -0.2) is 68.0 Å². The Morgan fingerprint density at radius 3 is 2.56 bits per heavy atom. The number of rotatable bonds is 7. The van der Waals surface area contributed by atoms with Gasteiger partial charge in [0.05, 0.1) is 13.7 Å². The van der Waals surface area contributed by atoms with Gasteiger partial charge >= 0.3 is 0 Å². The van der Waals surface area contributed by atoms with E-state index in [1.807, 2.05) is 16.7 Å². The Labute approximate surface area is 147 Å². The molecule has 0 spiro atoms. The molecule has 0 bridgehead atoms. The Morgan fingerprint density at radius 2 is 1.96 bits per heavy atom. The molecule has 0 saturated carbocycles. The summed E-state index contributed by atoms with van der Waals surface area (Å²) >= 11 is 0. The van der Waals surface area contributed by atoms with E-state index in [4.69, 9.17) is 4.74 Å². The first kappa shape index (κ1) is 19.2. The smallest absolute Gasteiger partial charge is 0.234 e. The predicted octanol–water partition coefficient (Wildman–Crippen LogP) is 1.05. The molecule has 25 heavy (non-hydrogen) atoms. The molecule has 1 aromatic carbocycles. The normalized spacial score (nSPS) is 15.1. The first-order chi connectivity index (χ1) is 12.0. The second kappa shape index (κ2) is 9.36. The number of carbonyl (C=O) groups is 2. The SMILES string of the molecule is CCNC(=O)CN1CCN(C(=O)CCc2ccc(OC)c(F)c2)CC1. The summed E-state index contributed by atoms with van der Waals surface area (Å²) < 4.78 is 18.6. The molecule has 1 fully saturated rings. The Bertz CT molecular complexity index is 601. The van der Waals surface area contributed by atoms with Crippen molar-refractivity contribution >= 4 is 11.8 Å². The minimum atomic E-state index is -0.411. The van der Waals surface area contributed by atoms with Gasteiger partial charge in [-0.2, -0.15) is 0 Å². The van der Waals surface area contributed by atoms with E-state index in [1.54, 1.807) is 12.1 Å². The topological polar surface area (TPSA) is 61.9 Å². The lowest BCUT2D eigenvalue weighted by Crippen LogP contribution is -2.51. The number of nitrogens with one attached hydrogen (secondary N) is 1. The van der Waals surface area contributed by atoms with Crippen LogP contribution in [0.15, 0.2) is 18.2 Å². The van der Waals surface area contributed by atoms with Crippen LogP contribution >= 0.6 is 0 Å². The molecule has 6 nitrogen and oxygen atoms in total. The van der Waals surface area contributed by atoms with Gasteiger partial charge in [-0.1, -0.05) is 6.07 Å². The van der Waals surface area contributed by atoms with Crippen LogP contribution in [0.1, 0.15) is 18.9 Å². The number of hydrogen-bond acceptors (Lipinski definition) is 4. The monoisotopic (exact) mass is 351 g/mol. The molecule has 2 rings (SSSR count). The molecule has 0 aromatic heterocycles. The summed E-state index contributed by atoms with van der Waals surface area (Å²) in [5.74, 6) is -0.123. The third kappa shape index (κ3) is 5.70. The molecule has 1 aliphatic heterocycles. The molecule has 1 aromatic rings. The minimum absolute atomic E-state index is 0.0174. The van der Waals surface area contributed by atoms with E-state index in [9.17, 15) is 14.0 Å². The summed E-state index contributed by atoms with van der Waals surface area (Å²) in [6.07, 6.45) is 0.848. The van der Waals surface area contributed by atoms with Crippen molar-refractivity contribution in [3.63, 3.8) is 0 Å². The van der Waals surface area contributed by atoms with Gasteiger partial charge in [0.25, 0.3) is 0 Å². The van der Waals surface area contributed by atoms with E-state index >= 15 is 0 Å². The van der Waals surface area contributed by atoms with Gasteiger partial charge in [-0.3, -0.25) is 14.5 Å². The lowest BCUT2D eigenvalue weighted by molar-refractivity contribution is -0.133. The number of aryl methyl sites for hydroxylation is 1. The van der Waals surface area contributed by atoms with Crippen molar-refractivity contribution in [3.8, 4) is 5.75 Å². The Balaban J connectivity index is 1.75. The first-order valence-corrected chi connectivity index (χ1v) is 8.62. The molecular formula is C18H26FN3O3. The first-order valence-electron chi connectivity index (χ1n) is 8.62. The lowest BCUT2D eigenvalue weighted by atomic mass is 10.1. The average Bonchev–Trinajstić information content (AvgIpc) is 2.60. The minimum Gasteiger partial charge on any atom is -0.494 e. The molecule has 0 atom stereocenters. The van der Waals surface area contributed by atoms with Crippen LogP contribution in [0.4, 0.5) is 4.39 Å². The number of ether oxygens (including phenoxy) is 1. The van der Waals surface area contributed by atoms with Gasteiger partial charge < -0.3 is 15.0 Å². The highest BCUT2D eigenvalue weighted by molar-refractivity contribution is 5.78. The lowest BCUT2D eigenvalue weighted by Gasteiger charge is -2.34. The van der Waals surface area contributed by atoms with Gasteiger partial charge in [-0.05, 0) is 31.0 Å². The van der Waals surface area contributed by atoms with Crippen LogP contribution in [-0.2, 0) is 16.0 Å². The van der Waals surface area contributed by atoms with Crippen LogP contribution < -0.4 is 10.1 Å². The molecule has 0 radical (unpaired) electrons. The quantitative estimate of drug-likeness (QED) is 0.798. The predicted molar refractivity (Wildman–Crippen MR) is 93.0 cm³/mol. The largest absolute Gasteiger partial charge is 0.494 e. The summed E-state index contributed by atoms with van der Waals surface area (Å²) in [5.41, 5.74) is 0.779. The summed E-state index contributed by atoms with van der Waals surface area (Å²) in [5, 5.41) is 2.78.